The summed E-state index contributed by atoms with van der Waals surface area (Å²) in [5.74, 6) is 0. The smallest absolute Gasteiger partial charge is 0.0312 e. The molecule has 2 heteroatoms. The molecule has 36 valence electrons. The fraction of sp³-hybridized carbons (Fsp3) is 0.500. The molecule has 6 heavy (non-hydrogen) atoms. The van der Waals surface area contributed by atoms with Crippen LogP contribution in [0.25, 0.3) is 0 Å². The summed E-state index contributed by atoms with van der Waals surface area (Å²) >= 11 is 2.22. The first kappa shape index (κ1) is 6.43. The third-order valence-electron chi connectivity index (χ3n) is 0.481. The Labute approximate surface area is 51.7 Å². The van der Waals surface area contributed by atoms with Crippen LogP contribution in [0, 0.1) is 0 Å². The molecule has 0 rings (SSSR count). The second-order valence-corrected chi connectivity index (χ2v) is 1.93. The number of nitrogens with two attached hydrogens (primary N) is 1. The van der Waals surface area contributed by atoms with Gasteiger partial charge in [0.2, 0.25) is 0 Å². The molecule has 0 aliphatic heterocycles. The summed E-state index contributed by atoms with van der Waals surface area (Å²) in [6.07, 6.45) is 1.74. The van der Waals surface area contributed by atoms with E-state index in [0.717, 1.165) is 4.43 Å². The van der Waals surface area contributed by atoms with E-state index >= 15 is 0 Å². The number of halogens is 1. The van der Waals surface area contributed by atoms with E-state index in [1.54, 1.807) is 6.08 Å². The Kier molecular flexibility index (Phi) is 3.87. The molecular weight excluding hydrogens is 189 g/mol. The summed E-state index contributed by atoms with van der Waals surface area (Å²) in [6, 6.07) is 0.186. The standard InChI is InChI=1S/C4H8IN/c1-2-4(6)3-5/h2,4H,1,3,6H2/t4-/m1/s1. The van der Waals surface area contributed by atoms with Gasteiger partial charge in [-0.25, -0.2) is 0 Å². The number of rotatable bonds is 2. The van der Waals surface area contributed by atoms with Crippen LogP contribution in [0.4, 0.5) is 0 Å². The fourth-order valence-electron chi connectivity index (χ4n) is 0.0630. The number of hydrogen-bond acceptors (Lipinski definition) is 1. The molecule has 0 aromatic rings. The third-order valence-corrected chi connectivity index (χ3v) is 1.50. The molecule has 0 radical (unpaired) electrons. The van der Waals surface area contributed by atoms with Gasteiger partial charge < -0.3 is 5.73 Å². The van der Waals surface area contributed by atoms with Crippen molar-refractivity contribution >= 4 is 22.6 Å². The molecule has 1 nitrogen and oxygen atoms in total. The highest BCUT2D eigenvalue weighted by Gasteiger charge is 1.85. The van der Waals surface area contributed by atoms with Crippen molar-refractivity contribution in [3.63, 3.8) is 0 Å². The average molecular weight is 197 g/mol. The molecule has 0 aromatic heterocycles. The highest BCUT2D eigenvalue weighted by atomic mass is 127. The second-order valence-electron chi connectivity index (χ2n) is 1.05. The van der Waals surface area contributed by atoms with Gasteiger partial charge in [-0.1, -0.05) is 28.7 Å². The summed E-state index contributed by atoms with van der Waals surface area (Å²) < 4.78 is 0.960. The van der Waals surface area contributed by atoms with Gasteiger partial charge in [0.25, 0.3) is 0 Å². The average Bonchev–Trinajstić information content (AvgIpc) is 1.65. The molecule has 0 amide bonds. The maximum Gasteiger partial charge on any atom is 0.0312 e. The van der Waals surface area contributed by atoms with Crippen LogP contribution < -0.4 is 5.73 Å². The first-order valence-electron chi connectivity index (χ1n) is 1.75. The van der Waals surface area contributed by atoms with Crippen molar-refractivity contribution in [2.45, 2.75) is 6.04 Å². The zero-order valence-corrected chi connectivity index (χ0v) is 5.68. The Hall–Kier alpha value is 0.430. The molecule has 0 bridgehead atoms. The van der Waals surface area contributed by atoms with Crippen LogP contribution in [0.1, 0.15) is 0 Å². The quantitative estimate of drug-likeness (QED) is 0.397. The van der Waals surface area contributed by atoms with Crippen molar-refractivity contribution in [1.29, 1.82) is 0 Å². The van der Waals surface area contributed by atoms with Crippen LogP contribution >= 0.6 is 22.6 Å². The summed E-state index contributed by atoms with van der Waals surface area (Å²) in [5, 5.41) is 0. The van der Waals surface area contributed by atoms with E-state index in [9.17, 15) is 0 Å². The normalized spacial score (nSPS) is 13.7. The lowest BCUT2D eigenvalue weighted by Crippen LogP contribution is -2.16. The molecule has 1 atom stereocenters. The van der Waals surface area contributed by atoms with Crippen LogP contribution in [0.2, 0.25) is 0 Å². The lowest BCUT2D eigenvalue weighted by atomic mass is 10.4. The third kappa shape index (κ3) is 2.66. The second kappa shape index (κ2) is 3.61. The van der Waals surface area contributed by atoms with Crippen molar-refractivity contribution in [2.24, 2.45) is 5.73 Å². The van der Waals surface area contributed by atoms with E-state index in [-0.39, 0.29) is 6.04 Å². The minimum Gasteiger partial charge on any atom is -0.324 e. The van der Waals surface area contributed by atoms with Gasteiger partial charge in [0.15, 0.2) is 0 Å². The number of alkyl halides is 1. The Morgan fingerprint density at radius 2 is 2.50 bits per heavy atom. The summed E-state index contributed by atoms with van der Waals surface area (Å²) in [7, 11) is 0. The van der Waals surface area contributed by atoms with Gasteiger partial charge in [0, 0.05) is 10.5 Å². The monoisotopic (exact) mass is 197 g/mol. The molecule has 0 aromatic carbocycles. The van der Waals surface area contributed by atoms with E-state index in [1.807, 2.05) is 0 Å². The molecule has 0 saturated heterocycles. The topological polar surface area (TPSA) is 26.0 Å². The van der Waals surface area contributed by atoms with Gasteiger partial charge >= 0.3 is 0 Å². The van der Waals surface area contributed by atoms with Crippen LogP contribution in [0.15, 0.2) is 12.7 Å². The Bertz CT molecular complexity index is 44.8. The molecule has 0 unspecified atom stereocenters. The highest BCUT2D eigenvalue weighted by molar-refractivity contribution is 14.1. The van der Waals surface area contributed by atoms with Crippen LogP contribution in [0.5, 0.6) is 0 Å². The van der Waals surface area contributed by atoms with E-state index in [1.165, 1.54) is 0 Å². The first-order valence-corrected chi connectivity index (χ1v) is 3.28. The maximum absolute atomic E-state index is 5.35. The Morgan fingerprint density at radius 1 is 2.00 bits per heavy atom. The zero-order valence-electron chi connectivity index (χ0n) is 3.52. The minimum absolute atomic E-state index is 0.186. The molecule has 0 aliphatic carbocycles. The van der Waals surface area contributed by atoms with Crippen LogP contribution in [0.3, 0.4) is 0 Å². The molecule has 0 aliphatic rings. The van der Waals surface area contributed by atoms with Crippen molar-refractivity contribution < 1.29 is 0 Å². The van der Waals surface area contributed by atoms with Crippen molar-refractivity contribution in [3.8, 4) is 0 Å². The molecule has 0 fully saturated rings. The van der Waals surface area contributed by atoms with E-state index in [2.05, 4.69) is 29.2 Å². The Morgan fingerprint density at radius 3 is 2.50 bits per heavy atom. The molecule has 0 heterocycles. The highest BCUT2D eigenvalue weighted by Crippen LogP contribution is 1.85. The van der Waals surface area contributed by atoms with Gasteiger partial charge in [-0.15, -0.1) is 6.58 Å². The predicted octanol–water partition coefficient (Wildman–Crippen LogP) is 0.935. The summed E-state index contributed by atoms with van der Waals surface area (Å²) in [6.45, 7) is 3.50. The lowest BCUT2D eigenvalue weighted by molar-refractivity contribution is 0.959. The molecular formula is C4H8IN. The summed E-state index contributed by atoms with van der Waals surface area (Å²) in [5.41, 5.74) is 5.35. The SMILES string of the molecule is C=C[C@@H](N)CI. The van der Waals surface area contributed by atoms with Gasteiger partial charge in [-0.2, -0.15) is 0 Å². The first-order chi connectivity index (χ1) is 2.81. The molecule has 2 N–H and O–H groups in total. The van der Waals surface area contributed by atoms with E-state index < -0.39 is 0 Å². The predicted molar refractivity (Wildman–Crippen MR) is 37.1 cm³/mol. The zero-order chi connectivity index (χ0) is 4.99. The maximum atomic E-state index is 5.35. The Balaban J connectivity index is 2.96. The van der Waals surface area contributed by atoms with Gasteiger partial charge in [0.05, 0.1) is 0 Å². The van der Waals surface area contributed by atoms with Crippen molar-refractivity contribution in [3.05, 3.63) is 12.7 Å². The summed E-state index contributed by atoms with van der Waals surface area (Å²) in [4.78, 5) is 0. The van der Waals surface area contributed by atoms with Gasteiger partial charge in [0.1, 0.15) is 0 Å². The minimum atomic E-state index is 0.186. The largest absolute Gasteiger partial charge is 0.324 e. The van der Waals surface area contributed by atoms with Crippen molar-refractivity contribution in [1.82, 2.24) is 0 Å². The van der Waals surface area contributed by atoms with Crippen LogP contribution in [-0.4, -0.2) is 10.5 Å². The lowest BCUT2D eigenvalue weighted by Gasteiger charge is -1.93. The van der Waals surface area contributed by atoms with E-state index in [4.69, 9.17) is 5.73 Å². The van der Waals surface area contributed by atoms with Crippen molar-refractivity contribution in [2.75, 3.05) is 4.43 Å². The van der Waals surface area contributed by atoms with E-state index in [0.29, 0.717) is 0 Å². The molecule has 0 saturated carbocycles. The van der Waals surface area contributed by atoms with Gasteiger partial charge in [-0.05, 0) is 0 Å². The molecule has 0 spiro atoms. The van der Waals surface area contributed by atoms with Gasteiger partial charge in [-0.3, -0.25) is 0 Å². The fourth-order valence-corrected chi connectivity index (χ4v) is 0.423. The number of hydrogen-bond donors (Lipinski definition) is 1. The van der Waals surface area contributed by atoms with Crippen LogP contribution in [-0.2, 0) is 0 Å².